The van der Waals surface area contributed by atoms with E-state index < -0.39 is 0 Å². The van der Waals surface area contributed by atoms with Gasteiger partial charge in [-0.25, -0.2) is 0 Å². The van der Waals surface area contributed by atoms with Gasteiger partial charge in [-0.2, -0.15) is 0 Å². The van der Waals surface area contributed by atoms with Crippen LogP contribution in [0.15, 0.2) is 20.6 Å². The lowest BCUT2D eigenvalue weighted by Crippen LogP contribution is -1.85. The van der Waals surface area contributed by atoms with E-state index in [1.54, 1.807) is 6.08 Å². The van der Waals surface area contributed by atoms with Crippen molar-refractivity contribution in [2.75, 3.05) is 0 Å². The van der Waals surface area contributed by atoms with Gasteiger partial charge in [0.15, 0.2) is 0 Å². The number of halogens is 3. The summed E-state index contributed by atoms with van der Waals surface area (Å²) in [4.78, 5) is 0. The predicted octanol–water partition coefficient (Wildman–Crippen LogP) is 3.75. The van der Waals surface area contributed by atoms with Gasteiger partial charge < -0.3 is 0 Å². The van der Waals surface area contributed by atoms with Crippen molar-refractivity contribution in [3.05, 3.63) is 20.6 Å². The number of allylic oxidation sites excluding steroid dienone is 4. The first-order valence-electron chi connectivity index (χ1n) is 2.60. The molecule has 0 amide bonds. The van der Waals surface area contributed by atoms with Gasteiger partial charge in [0.1, 0.15) is 0 Å². The summed E-state index contributed by atoms with van der Waals surface area (Å²) in [7, 11) is 0. The Labute approximate surface area is 72.7 Å². The van der Waals surface area contributed by atoms with Crippen molar-refractivity contribution in [2.45, 2.75) is 12.8 Å². The molecule has 0 heterocycles. The third-order valence-electron chi connectivity index (χ3n) is 1.13. The van der Waals surface area contributed by atoms with Crippen LogP contribution in [0.25, 0.3) is 0 Å². The predicted molar refractivity (Wildman–Crippen MR) is 45.0 cm³/mol. The van der Waals surface area contributed by atoms with Gasteiger partial charge in [-0.05, 0) is 18.9 Å². The first-order valence-corrected chi connectivity index (χ1v) is 4.15. The highest BCUT2D eigenvalue weighted by Crippen LogP contribution is 2.31. The second-order valence-electron chi connectivity index (χ2n) is 1.84. The molecule has 0 aromatic heterocycles. The third-order valence-corrected chi connectivity index (χ3v) is 2.81. The van der Waals surface area contributed by atoms with Crippen molar-refractivity contribution < 1.29 is 0 Å². The van der Waals surface area contributed by atoms with E-state index >= 15 is 0 Å². The highest BCUT2D eigenvalue weighted by molar-refractivity contribution is 9.11. The van der Waals surface area contributed by atoms with Crippen molar-refractivity contribution in [2.24, 2.45) is 0 Å². The molecule has 0 radical (unpaired) electrons. The fourth-order valence-corrected chi connectivity index (χ4v) is 1.43. The SMILES string of the molecule is ClC1=CC(Cl)=C(Br)CC1. The molecule has 1 aliphatic carbocycles. The van der Waals surface area contributed by atoms with Crippen molar-refractivity contribution in [3.63, 3.8) is 0 Å². The Hall–Kier alpha value is 0.540. The molecule has 0 aliphatic heterocycles. The average Bonchev–Trinajstić information content (AvgIpc) is 1.80. The van der Waals surface area contributed by atoms with Crippen LogP contribution in [0.4, 0.5) is 0 Å². The molecule has 0 aromatic rings. The van der Waals surface area contributed by atoms with Crippen LogP contribution in [-0.2, 0) is 0 Å². The molecule has 0 aromatic carbocycles. The van der Waals surface area contributed by atoms with Crippen LogP contribution < -0.4 is 0 Å². The fourth-order valence-electron chi connectivity index (χ4n) is 0.637. The van der Waals surface area contributed by atoms with Gasteiger partial charge in [-0.1, -0.05) is 39.1 Å². The highest BCUT2D eigenvalue weighted by atomic mass is 79.9. The molecule has 3 heteroatoms. The first-order chi connectivity index (χ1) is 4.20. The second kappa shape index (κ2) is 3.09. The largest absolute Gasteiger partial charge is 0.0891 e. The standard InChI is InChI=1S/C6H5BrCl2/c7-5-2-1-4(8)3-6(5)9/h3H,1-2H2. The molecule has 1 rings (SSSR count). The maximum Gasteiger partial charge on any atom is 0.0518 e. The van der Waals surface area contributed by atoms with E-state index in [0.717, 1.165) is 27.4 Å². The molecule has 0 saturated heterocycles. The third kappa shape index (κ3) is 1.99. The Morgan fingerprint density at radius 1 is 1.33 bits per heavy atom. The summed E-state index contributed by atoms with van der Waals surface area (Å²) in [6, 6.07) is 0. The van der Waals surface area contributed by atoms with Gasteiger partial charge in [0.2, 0.25) is 0 Å². The summed E-state index contributed by atoms with van der Waals surface area (Å²) in [6.07, 6.45) is 3.60. The minimum atomic E-state index is 0.728. The summed E-state index contributed by atoms with van der Waals surface area (Å²) in [5, 5.41) is 1.56. The van der Waals surface area contributed by atoms with Gasteiger partial charge in [0.05, 0.1) is 5.03 Å². The molecule has 0 bridgehead atoms. The van der Waals surface area contributed by atoms with Gasteiger partial charge in [-0.3, -0.25) is 0 Å². The molecular formula is C6H5BrCl2. The Balaban J connectivity index is 2.83. The maximum atomic E-state index is 5.73. The summed E-state index contributed by atoms with van der Waals surface area (Å²) >= 11 is 14.8. The molecule has 0 spiro atoms. The summed E-state index contributed by atoms with van der Waals surface area (Å²) in [5.74, 6) is 0. The van der Waals surface area contributed by atoms with Crippen molar-refractivity contribution in [1.29, 1.82) is 0 Å². The quantitative estimate of drug-likeness (QED) is 0.592. The van der Waals surface area contributed by atoms with E-state index in [4.69, 9.17) is 23.2 Å². The Bertz CT molecular complexity index is 181. The average molecular weight is 228 g/mol. The minimum Gasteiger partial charge on any atom is -0.0891 e. The number of rotatable bonds is 0. The Kier molecular flexibility index (Phi) is 2.62. The Morgan fingerprint density at radius 2 is 2.00 bits per heavy atom. The molecule has 9 heavy (non-hydrogen) atoms. The molecular weight excluding hydrogens is 223 g/mol. The highest BCUT2D eigenvalue weighted by Gasteiger charge is 2.06. The zero-order valence-corrected chi connectivity index (χ0v) is 7.72. The summed E-state index contributed by atoms with van der Waals surface area (Å²) in [6.45, 7) is 0. The van der Waals surface area contributed by atoms with E-state index in [2.05, 4.69) is 15.9 Å². The lowest BCUT2D eigenvalue weighted by molar-refractivity contribution is 1.00. The molecule has 0 saturated carbocycles. The van der Waals surface area contributed by atoms with Crippen LogP contribution in [-0.4, -0.2) is 0 Å². The molecule has 0 atom stereocenters. The Morgan fingerprint density at radius 3 is 2.44 bits per heavy atom. The van der Waals surface area contributed by atoms with E-state index in [-0.39, 0.29) is 0 Å². The molecule has 0 nitrogen and oxygen atoms in total. The second-order valence-corrected chi connectivity index (χ2v) is 3.69. The van der Waals surface area contributed by atoms with E-state index in [1.807, 2.05) is 0 Å². The van der Waals surface area contributed by atoms with E-state index in [0.29, 0.717) is 0 Å². The van der Waals surface area contributed by atoms with Crippen LogP contribution in [0.3, 0.4) is 0 Å². The number of hydrogen-bond donors (Lipinski definition) is 0. The van der Waals surface area contributed by atoms with Crippen LogP contribution in [0.2, 0.25) is 0 Å². The molecule has 0 N–H and O–H groups in total. The zero-order valence-electron chi connectivity index (χ0n) is 4.63. The lowest BCUT2D eigenvalue weighted by atomic mass is 10.2. The number of hydrogen-bond acceptors (Lipinski definition) is 0. The first kappa shape index (κ1) is 7.64. The molecule has 0 fully saturated rings. The van der Waals surface area contributed by atoms with Crippen molar-refractivity contribution in [1.82, 2.24) is 0 Å². The topological polar surface area (TPSA) is 0 Å². The monoisotopic (exact) mass is 226 g/mol. The van der Waals surface area contributed by atoms with E-state index in [9.17, 15) is 0 Å². The minimum absolute atomic E-state index is 0.728. The lowest BCUT2D eigenvalue weighted by Gasteiger charge is -2.06. The molecule has 1 aliphatic rings. The normalized spacial score (nSPS) is 20.1. The zero-order chi connectivity index (χ0) is 6.85. The van der Waals surface area contributed by atoms with Crippen molar-refractivity contribution >= 4 is 39.1 Å². The van der Waals surface area contributed by atoms with Crippen LogP contribution in [0.5, 0.6) is 0 Å². The van der Waals surface area contributed by atoms with Gasteiger partial charge in [0, 0.05) is 9.51 Å². The maximum absolute atomic E-state index is 5.73. The van der Waals surface area contributed by atoms with Crippen LogP contribution >= 0.6 is 39.1 Å². The van der Waals surface area contributed by atoms with Crippen LogP contribution in [0, 0.1) is 0 Å². The van der Waals surface area contributed by atoms with Gasteiger partial charge in [0.25, 0.3) is 0 Å². The van der Waals surface area contributed by atoms with Gasteiger partial charge in [-0.15, -0.1) is 0 Å². The fraction of sp³-hybridized carbons (Fsp3) is 0.333. The van der Waals surface area contributed by atoms with Crippen LogP contribution in [0.1, 0.15) is 12.8 Å². The summed E-state index contributed by atoms with van der Waals surface area (Å²) in [5.41, 5.74) is 0. The van der Waals surface area contributed by atoms with Crippen molar-refractivity contribution in [3.8, 4) is 0 Å². The molecule has 50 valence electrons. The summed E-state index contributed by atoms with van der Waals surface area (Å²) < 4.78 is 1.05. The molecule has 0 unspecified atom stereocenters. The van der Waals surface area contributed by atoms with Gasteiger partial charge >= 0.3 is 0 Å². The van der Waals surface area contributed by atoms with E-state index in [1.165, 1.54) is 0 Å². The smallest absolute Gasteiger partial charge is 0.0518 e.